The van der Waals surface area contributed by atoms with Crippen molar-refractivity contribution in [1.82, 2.24) is 15.1 Å². The summed E-state index contributed by atoms with van der Waals surface area (Å²) in [6.45, 7) is 1.74. The summed E-state index contributed by atoms with van der Waals surface area (Å²) in [5.41, 5.74) is 1.45. The lowest BCUT2D eigenvalue weighted by atomic mass is 10.1. The number of amides is 1. The highest BCUT2D eigenvalue weighted by Crippen LogP contribution is 2.20. The van der Waals surface area contributed by atoms with Crippen LogP contribution in [-0.4, -0.2) is 26.8 Å². The van der Waals surface area contributed by atoms with Gasteiger partial charge in [-0.3, -0.25) is 4.79 Å². The topological polar surface area (TPSA) is 80.9 Å². The van der Waals surface area contributed by atoms with Gasteiger partial charge in [0.05, 0.1) is 11.4 Å². The molecule has 0 saturated heterocycles. The van der Waals surface area contributed by atoms with Gasteiger partial charge < -0.3 is 9.84 Å². The molecule has 1 amide bonds. The van der Waals surface area contributed by atoms with Crippen molar-refractivity contribution in [3.05, 3.63) is 54.2 Å². The minimum atomic E-state index is -0.304. The first-order valence-corrected chi connectivity index (χ1v) is 8.04. The van der Waals surface area contributed by atoms with Crippen LogP contribution in [0.25, 0.3) is 11.3 Å². The fraction of sp³-hybridized carbons (Fsp3) is 0.125. The molecule has 0 aliphatic carbocycles. The van der Waals surface area contributed by atoms with Crippen molar-refractivity contribution in [1.29, 1.82) is 0 Å². The van der Waals surface area contributed by atoms with Gasteiger partial charge in [-0.25, -0.2) is 14.4 Å². The molecule has 8 heteroatoms. The summed E-state index contributed by atoms with van der Waals surface area (Å²) in [7, 11) is 0. The van der Waals surface area contributed by atoms with E-state index in [1.165, 1.54) is 23.9 Å². The van der Waals surface area contributed by atoms with E-state index in [0.29, 0.717) is 22.4 Å². The van der Waals surface area contributed by atoms with Crippen LogP contribution in [0.1, 0.15) is 5.76 Å². The van der Waals surface area contributed by atoms with Gasteiger partial charge in [-0.2, -0.15) is 0 Å². The molecule has 3 aromatic rings. The molecule has 0 radical (unpaired) electrons. The highest BCUT2D eigenvalue weighted by Gasteiger charge is 2.09. The van der Waals surface area contributed by atoms with Crippen LogP contribution in [0.4, 0.5) is 10.2 Å². The first kappa shape index (κ1) is 16.1. The molecule has 0 aliphatic heterocycles. The van der Waals surface area contributed by atoms with E-state index in [1.54, 1.807) is 37.4 Å². The number of nitrogens with one attached hydrogen (secondary N) is 1. The minimum Gasteiger partial charge on any atom is -0.360 e. The summed E-state index contributed by atoms with van der Waals surface area (Å²) < 4.78 is 17.9. The van der Waals surface area contributed by atoms with Crippen molar-refractivity contribution in [2.75, 3.05) is 11.1 Å². The number of hydrogen-bond donors (Lipinski definition) is 1. The average molecular weight is 344 g/mol. The predicted octanol–water partition coefficient (Wildman–Crippen LogP) is 3.31. The van der Waals surface area contributed by atoms with Crippen molar-refractivity contribution in [2.24, 2.45) is 0 Å². The van der Waals surface area contributed by atoms with Gasteiger partial charge in [-0.15, -0.1) is 0 Å². The number of aryl methyl sites for hydroxylation is 1. The van der Waals surface area contributed by atoms with Crippen LogP contribution in [0.2, 0.25) is 0 Å². The Balaban J connectivity index is 1.62. The number of hydrogen-bond acceptors (Lipinski definition) is 6. The lowest BCUT2D eigenvalue weighted by Gasteiger charge is -2.04. The number of thioether (sulfide) groups is 1. The van der Waals surface area contributed by atoms with E-state index in [2.05, 4.69) is 20.4 Å². The second-order valence-electron chi connectivity index (χ2n) is 4.89. The largest absolute Gasteiger partial charge is 0.360 e. The molecule has 122 valence electrons. The van der Waals surface area contributed by atoms with Crippen LogP contribution in [0.5, 0.6) is 0 Å². The molecule has 3 rings (SSSR count). The monoisotopic (exact) mass is 344 g/mol. The summed E-state index contributed by atoms with van der Waals surface area (Å²) in [5.74, 6) is 0.595. The van der Waals surface area contributed by atoms with Crippen molar-refractivity contribution in [3.8, 4) is 11.3 Å². The van der Waals surface area contributed by atoms with Crippen molar-refractivity contribution in [2.45, 2.75) is 12.1 Å². The van der Waals surface area contributed by atoms with Crippen molar-refractivity contribution in [3.63, 3.8) is 0 Å². The SMILES string of the molecule is Cc1cc(NC(=O)CSc2nccc(-c3ccc(F)cc3)n2)no1. The van der Waals surface area contributed by atoms with Crippen LogP contribution >= 0.6 is 11.8 Å². The molecular formula is C16H13FN4O2S. The quantitative estimate of drug-likeness (QED) is 0.565. The summed E-state index contributed by atoms with van der Waals surface area (Å²) >= 11 is 1.20. The maximum Gasteiger partial charge on any atom is 0.236 e. The van der Waals surface area contributed by atoms with E-state index < -0.39 is 0 Å². The Morgan fingerprint density at radius 1 is 1.29 bits per heavy atom. The predicted molar refractivity (Wildman–Crippen MR) is 88.0 cm³/mol. The molecule has 0 saturated carbocycles. The summed E-state index contributed by atoms with van der Waals surface area (Å²) in [4.78, 5) is 20.4. The molecule has 24 heavy (non-hydrogen) atoms. The molecular weight excluding hydrogens is 331 g/mol. The molecule has 0 fully saturated rings. The Bertz CT molecular complexity index is 851. The molecule has 0 unspecified atom stereocenters. The fourth-order valence-corrected chi connectivity index (χ4v) is 2.56. The highest BCUT2D eigenvalue weighted by atomic mass is 32.2. The summed E-state index contributed by atoms with van der Waals surface area (Å²) in [5, 5.41) is 6.78. The lowest BCUT2D eigenvalue weighted by Crippen LogP contribution is -2.14. The highest BCUT2D eigenvalue weighted by molar-refractivity contribution is 7.99. The Morgan fingerprint density at radius 3 is 2.79 bits per heavy atom. The Hall–Kier alpha value is -2.74. The van der Waals surface area contributed by atoms with Gasteiger partial charge in [0.1, 0.15) is 11.6 Å². The number of benzene rings is 1. The van der Waals surface area contributed by atoms with E-state index in [0.717, 1.165) is 5.56 Å². The number of nitrogens with zero attached hydrogens (tertiary/aromatic N) is 3. The third-order valence-corrected chi connectivity index (χ3v) is 3.86. The zero-order valence-electron chi connectivity index (χ0n) is 12.7. The van der Waals surface area contributed by atoms with Gasteiger partial charge >= 0.3 is 0 Å². The Kier molecular flexibility index (Phi) is 4.85. The first-order valence-electron chi connectivity index (χ1n) is 7.05. The van der Waals surface area contributed by atoms with Gasteiger partial charge in [-0.05, 0) is 37.3 Å². The molecule has 0 atom stereocenters. The number of halogens is 1. The second kappa shape index (κ2) is 7.22. The molecule has 0 aliphatic rings. The fourth-order valence-electron chi connectivity index (χ4n) is 1.93. The summed E-state index contributed by atoms with van der Waals surface area (Å²) in [6, 6.07) is 9.40. The lowest BCUT2D eigenvalue weighted by molar-refractivity contribution is -0.113. The third-order valence-electron chi connectivity index (χ3n) is 3.00. The maximum atomic E-state index is 13.0. The van der Waals surface area contributed by atoms with Crippen LogP contribution in [0, 0.1) is 12.7 Å². The number of rotatable bonds is 5. The van der Waals surface area contributed by atoms with Gasteiger partial charge in [0, 0.05) is 17.8 Å². The number of carbonyl (C=O) groups is 1. The van der Waals surface area contributed by atoms with E-state index in [1.807, 2.05) is 0 Å². The standard InChI is InChI=1S/C16H13FN4O2S/c1-10-8-14(21-23-10)20-15(22)9-24-16-18-7-6-13(19-16)11-2-4-12(17)5-3-11/h2-8H,9H2,1H3,(H,20,21,22). The van der Waals surface area contributed by atoms with Gasteiger partial charge in [0.25, 0.3) is 0 Å². The first-order chi connectivity index (χ1) is 11.6. The van der Waals surface area contributed by atoms with Crippen LogP contribution in [0.3, 0.4) is 0 Å². The van der Waals surface area contributed by atoms with Crippen molar-refractivity contribution >= 4 is 23.5 Å². The smallest absolute Gasteiger partial charge is 0.236 e. The van der Waals surface area contributed by atoms with E-state index >= 15 is 0 Å². The Labute approximate surface area is 141 Å². The normalized spacial score (nSPS) is 10.6. The van der Waals surface area contributed by atoms with Gasteiger partial charge in [-0.1, -0.05) is 16.9 Å². The van der Waals surface area contributed by atoms with E-state index in [9.17, 15) is 9.18 Å². The van der Waals surface area contributed by atoms with Crippen LogP contribution in [-0.2, 0) is 4.79 Å². The molecule has 1 N–H and O–H groups in total. The molecule has 0 bridgehead atoms. The molecule has 0 spiro atoms. The minimum absolute atomic E-state index is 0.138. The maximum absolute atomic E-state index is 13.0. The second-order valence-corrected chi connectivity index (χ2v) is 5.83. The van der Waals surface area contributed by atoms with Crippen LogP contribution in [0.15, 0.2) is 52.3 Å². The number of carbonyl (C=O) groups excluding carboxylic acids is 1. The number of aromatic nitrogens is 3. The van der Waals surface area contributed by atoms with Gasteiger partial charge in [0.15, 0.2) is 11.0 Å². The number of anilines is 1. The molecule has 6 nitrogen and oxygen atoms in total. The Morgan fingerprint density at radius 2 is 2.08 bits per heavy atom. The molecule has 1 aromatic carbocycles. The van der Waals surface area contributed by atoms with Gasteiger partial charge in [0.2, 0.25) is 5.91 Å². The van der Waals surface area contributed by atoms with Crippen molar-refractivity contribution < 1.29 is 13.7 Å². The van der Waals surface area contributed by atoms with E-state index in [-0.39, 0.29) is 17.5 Å². The zero-order chi connectivity index (χ0) is 16.9. The molecule has 2 aromatic heterocycles. The third kappa shape index (κ3) is 4.17. The summed E-state index contributed by atoms with van der Waals surface area (Å²) in [6.07, 6.45) is 1.60. The average Bonchev–Trinajstić information content (AvgIpc) is 2.99. The van der Waals surface area contributed by atoms with Crippen LogP contribution < -0.4 is 5.32 Å². The zero-order valence-corrected chi connectivity index (χ0v) is 13.5. The molecule has 2 heterocycles. The van der Waals surface area contributed by atoms with E-state index in [4.69, 9.17) is 4.52 Å².